The fraction of sp³-hybridized carbons (Fsp3) is 0.300. The van der Waals surface area contributed by atoms with Crippen LogP contribution in [-0.2, 0) is 20.7 Å². The highest BCUT2D eigenvalue weighted by molar-refractivity contribution is 9.10. The van der Waals surface area contributed by atoms with Crippen LogP contribution in [0, 0.1) is 0 Å². The maximum Gasteiger partial charge on any atom is 0.316 e. The van der Waals surface area contributed by atoms with E-state index in [4.69, 9.17) is 14.2 Å². The Morgan fingerprint density at radius 2 is 1.82 bits per heavy atom. The van der Waals surface area contributed by atoms with E-state index in [2.05, 4.69) is 21.2 Å². The summed E-state index contributed by atoms with van der Waals surface area (Å²) < 4.78 is 17.0. The van der Waals surface area contributed by atoms with Gasteiger partial charge in [-0.1, -0.05) is 22.0 Å². The molecule has 2 aromatic carbocycles. The van der Waals surface area contributed by atoms with Crippen LogP contribution in [-0.4, -0.2) is 44.0 Å². The fourth-order valence-corrected chi connectivity index (χ4v) is 3.46. The van der Waals surface area contributed by atoms with E-state index >= 15 is 0 Å². The molecule has 148 valence electrons. The molecule has 0 radical (unpaired) electrons. The minimum absolute atomic E-state index is 0.159. The zero-order valence-electron chi connectivity index (χ0n) is 15.1. The molecule has 8 heteroatoms. The van der Waals surface area contributed by atoms with Crippen molar-refractivity contribution in [2.45, 2.75) is 11.3 Å². The molecule has 1 heterocycles. The molecule has 3 rings (SSSR count). The highest BCUT2D eigenvalue weighted by Crippen LogP contribution is 2.30. The molecule has 0 saturated carbocycles. The summed E-state index contributed by atoms with van der Waals surface area (Å²) in [4.78, 5) is 24.6. The van der Waals surface area contributed by atoms with Crippen LogP contribution in [0.2, 0.25) is 0 Å². The van der Waals surface area contributed by atoms with Crippen LogP contribution in [0.1, 0.15) is 5.56 Å². The summed E-state index contributed by atoms with van der Waals surface area (Å²) in [6, 6.07) is 13.4. The number of hydrogen-bond acceptors (Lipinski definition) is 6. The number of carbonyl (C=O) groups is 2. The molecule has 1 aliphatic heterocycles. The summed E-state index contributed by atoms with van der Waals surface area (Å²) in [6.45, 7) is 1.27. The zero-order chi connectivity index (χ0) is 19.8. The number of fused-ring (bicyclic) bond motifs is 1. The Balaban J connectivity index is 1.32. The lowest BCUT2D eigenvalue weighted by atomic mass is 10.1. The van der Waals surface area contributed by atoms with E-state index in [1.165, 1.54) is 11.8 Å². The van der Waals surface area contributed by atoms with Crippen LogP contribution in [0.15, 0.2) is 51.8 Å². The van der Waals surface area contributed by atoms with Gasteiger partial charge in [0.2, 0.25) is 0 Å². The van der Waals surface area contributed by atoms with E-state index in [0.29, 0.717) is 26.2 Å². The second-order valence-electron chi connectivity index (χ2n) is 5.98. The first-order valence-electron chi connectivity index (χ1n) is 8.79. The molecular formula is C20H20BrNO5S. The van der Waals surface area contributed by atoms with Gasteiger partial charge in [0.15, 0.2) is 18.1 Å². The Labute approximate surface area is 176 Å². The first-order chi connectivity index (χ1) is 13.6. The predicted molar refractivity (Wildman–Crippen MR) is 110 cm³/mol. The summed E-state index contributed by atoms with van der Waals surface area (Å²) in [7, 11) is 0. The SMILES string of the molecule is O=C(COC(=O)CSc1ccc(Br)cc1)NCCc1ccc2c(c1)OCCO2. The van der Waals surface area contributed by atoms with Gasteiger partial charge in [-0.2, -0.15) is 0 Å². The molecule has 2 aromatic rings. The van der Waals surface area contributed by atoms with Crippen molar-refractivity contribution in [2.24, 2.45) is 0 Å². The predicted octanol–water partition coefficient (Wildman–Crippen LogP) is 3.21. The normalized spacial score (nSPS) is 12.3. The largest absolute Gasteiger partial charge is 0.486 e. The van der Waals surface area contributed by atoms with Gasteiger partial charge < -0.3 is 19.5 Å². The van der Waals surface area contributed by atoms with Crippen molar-refractivity contribution in [3.63, 3.8) is 0 Å². The molecule has 0 saturated heterocycles. The van der Waals surface area contributed by atoms with Gasteiger partial charge in [-0.3, -0.25) is 9.59 Å². The van der Waals surface area contributed by atoms with Crippen molar-refractivity contribution in [1.82, 2.24) is 5.32 Å². The number of nitrogens with one attached hydrogen (secondary N) is 1. The van der Waals surface area contributed by atoms with Crippen molar-refractivity contribution in [1.29, 1.82) is 0 Å². The Morgan fingerprint density at radius 3 is 2.61 bits per heavy atom. The van der Waals surface area contributed by atoms with Crippen LogP contribution in [0.5, 0.6) is 11.5 Å². The van der Waals surface area contributed by atoms with E-state index < -0.39 is 5.97 Å². The molecule has 0 atom stereocenters. The standard InChI is InChI=1S/C20H20BrNO5S/c21-15-2-4-16(5-3-15)28-13-20(24)27-12-19(23)22-8-7-14-1-6-17-18(11-14)26-10-9-25-17/h1-6,11H,7-10,12-13H2,(H,22,23). The monoisotopic (exact) mass is 465 g/mol. The summed E-state index contributed by atoms with van der Waals surface area (Å²) in [6.07, 6.45) is 0.649. The quantitative estimate of drug-likeness (QED) is 0.476. The van der Waals surface area contributed by atoms with Gasteiger partial charge in [0.1, 0.15) is 13.2 Å². The van der Waals surface area contributed by atoms with Crippen molar-refractivity contribution in [3.05, 3.63) is 52.5 Å². The zero-order valence-corrected chi connectivity index (χ0v) is 17.5. The minimum Gasteiger partial charge on any atom is -0.486 e. The van der Waals surface area contributed by atoms with E-state index in [0.717, 1.165) is 26.4 Å². The fourth-order valence-electron chi connectivity index (χ4n) is 2.50. The third-order valence-electron chi connectivity index (χ3n) is 3.88. The second-order valence-corrected chi connectivity index (χ2v) is 7.95. The summed E-state index contributed by atoms with van der Waals surface area (Å²) in [5, 5.41) is 2.75. The van der Waals surface area contributed by atoms with E-state index in [1.54, 1.807) is 0 Å². The maximum atomic E-state index is 11.8. The van der Waals surface area contributed by atoms with Gasteiger partial charge in [-0.25, -0.2) is 0 Å². The second kappa shape index (κ2) is 10.4. The number of thioether (sulfide) groups is 1. The number of rotatable bonds is 8. The van der Waals surface area contributed by atoms with Crippen LogP contribution in [0.3, 0.4) is 0 Å². The summed E-state index contributed by atoms with van der Waals surface area (Å²) in [5.41, 5.74) is 1.03. The van der Waals surface area contributed by atoms with E-state index in [9.17, 15) is 9.59 Å². The smallest absolute Gasteiger partial charge is 0.316 e. The maximum absolute atomic E-state index is 11.8. The number of hydrogen-bond donors (Lipinski definition) is 1. The topological polar surface area (TPSA) is 73.9 Å². The summed E-state index contributed by atoms with van der Waals surface area (Å²) >= 11 is 4.73. The van der Waals surface area contributed by atoms with Crippen LogP contribution in [0.25, 0.3) is 0 Å². The Morgan fingerprint density at radius 1 is 1.07 bits per heavy atom. The molecular weight excluding hydrogens is 446 g/mol. The lowest BCUT2D eigenvalue weighted by Gasteiger charge is -2.18. The first-order valence-corrected chi connectivity index (χ1v) is 10.6. The van der Waals surface area contributed by atoms with Crippen molar-refractivity contribution < 1.29 is 23.8 Å². The van der Waals surface area contributed by atoms with E-state index in [1.807, 2.05) is 42.5 Å². The third-order valence-corrected chi connectivity index (χ3v) is 5.39. The Hall–Kier alpha value is -2.19. The number of esters is 1. The van der Waals surface area contributed by atoms with E-state index in [-0.39, 0.29) is 18.3 Å². The number of benzene rings is 2. The lowest BCUT2D eigenvalue weighted by Crippen LogP contribution is -2.30. The van der Waals surface area contributed by atoms with Crippen molar-refractivity contribution >= 4 is 39.6 Å². The minimum atomic E-state index is -0.421. The molecule has 1 aliphatic rings. The molecule has 1 amide bonds. The molecule has 0 spiro atoms. The summed E-state index contributed by atoms with van der Waals surface area (Å²) in [5.74, 6) is 0.889. The lowest BCUT2D eigenvalue weighted by molar-refractivity contribution is -0.145. The molecule has 0 unspecified atom stereocenters. The molecule has 28 heavy (non-hydrogen) atoms. The van der Waals surface area contributed by atoms with Gasteiger partial charge >= 0.3 is 5.97 Å². The number of carbonyl (C=O) groups excluding carboxylic acids is 2. The van der Waals surface area contributed by atoms with Gasteiger partial charge in [-0.05, 0) is 48.4 Å². The molecule has 6 nitrogen and oxygen atoms in total. The Kier molecular flexibility index (Phi) is 7.62. The van der Waals surface area contributed by atoms with Gasteiger partial charge in [-0.15, -0.1) is 11.8 Å². The van der Waals surface area contributed by atoms with Crippen LogP contribution >= 0.6 is 27.7 Å². The first kappa shape index (κ1) is 20.5. The molecule has 0 aromatic heterocycles. The van der Waals surface area contributed by atoms with Crippen LogP contribution < -0.4 is 14.8 Å². The number of ether oxygens (including phenoxy) is 3. The molecule has 0 bridgehead atoms. The van der Waals surface area contributed by atoms with Gasteiger partial charge in [0.25, 0.3) is 5.91 Å². The van der Waals surface area contributed by atoms with Crippen molar-refractivity contribution in [3.8, 4) is 11.5 Å². The van der Waals surface area contributed by atoms with Gasteiger partial charge in [0, 0.05) is 15.9 Å². The van der Waals surface area contributed by atoms with Crippen molar-refractivity contribution in [2.75, 3.05) is 32.1 Å². The average molecular weight is 466 g/mol. The van der Waals surface area contributed by atoms with Crippen LogP contribution in [0.4, 0.5) is 0 Å². The number of amides is 1. The van der Waals surface area contributed by atoms with Gasteiger partial charge in [0.05, 0.1) is 5.75 Å². The highest BCUT2D eigenvalue weighted by atomic mass is 79.9. The average Bonchev–Trinajstić information content (AvgIpc) is 2.72. The number of halogens is 1. The molecule has 0 fully saturated rings. The Bertz CT molecular complexity index is 828. The molecule has 1 N–H and O–H groups in total. The third kappa shape index (κ3) is 6.45. The molecule has 0 aliphatic carbocycles. The highest BCUT2D eigenvalue weighted by Gasteiger charge is 2.12.